The van der Waals surface area contributed by atoms with Crippen molar-refractivity contribution in [1.82, 2.24) is 0 Å². The van der Waals surface area contributed by atoms with Crippen molar-refractivity contribution >= 4 is 10.9 Å². The van der Waals surface area contributed by atoms with Crippen molar-refractivity contribution < 1.29 is 4.74 Å². The molecule has 5 unspecified atom stereocenters. The molecule has 0 aromatic heterocycles. The Labute approximate surface area is 155 Å². The van der Waals surface area contributed by atoms with E-state index in [9.17, 15) is 0 Å². The molecular weight excluding hydrogens is 324 g/mol. The van der Waals surface area contributed by atoms with E-state index >= 15 is 0 Å². The first kappa shape index (κ1) is 17.0. The lowest BCUT2D eigenvalue weighted by Crippen LogP contribution is -2.43. The maximum Gasteiger partial charge on any atom is 0.143 e. The monoisotopic (exact) mass is 353 g/mol. The van der Waals surface area contributed by atoms with Crippen molar-refractivity contribution in [3.05, 3.63) is 65.7 Å². The highest BCUT2D eigenvalue weighted by molar-refractivity contribution is 7.97. The molecule has 2 heteroatoms. The van der Waals surface area contributed by atoms with Crippen molar-refractivity contribution in [2.45, 2.75) is 48.5 Å². The van der Waals surface area contributed by atoms with Crippen LogP contribution < -0.4 is 4.74 Å². The first-order valence-electron chi connectivity index (χ1n) is 9.60. The number of hydrogen-bond donors (Lipinski definition) is 0. The van der Waals surface area contributed by atoms with Crippen LogP contribution in [-0.4, -0.2) is 18.6 Å². The Bertz CT molecular complexity index is 681. The molecule has 25 heavy (non-hydrogen) atoms. The number of methoxy groups -OCH3 is 1. The molecule has 0 N–H and O–H groups in total. The zero-order chi connectivity index (χ0) is 17.2. The molecule has 0 spiro atoms. The van der Waals surface area contributed by atoms with Crippen LogP contribution in [0.2, 0.25) is 0 Å². The summed E-state index contributed by atoms with van der Waals surface area (Å²) >= 11 is 0. The van der Waals surface area contributed by atoms with Crippen molar-refractivity contribution in [1.29, 1.82) is 0 Å². The van der Waals surface area contributed by atoms with Crippen LogP contribution in [0.5, 0.6) is 5.75 Å². The zero-order valence-corrected chi connectivity index (χ0v) is 16.2. The minimum atomic E-state index is 0.479. The molecule has 0 amide bonds. The van der Waals surface area contributed by atoms with E-state index in [-0.39, 0.29) is 0 Å². The van der Waals surface area contributed by atoms with E-state index in [1.165, 1.54) is 37.7 Å². The fraction of sp³-hybridized carbons (Fsp3) is 0.478. The standard InChI is InChI=1S/C23H29OS/c1-24-19-14-12-17(13-15-19)21-16-23(18-8-4-3-5-9-18)25(2)22-11-7-6-10-20(21)22/h3-5,8-9,12-15,20-23H,6-7,10-11,16H2,1-2H3/q+1. The molecule has 2 aromatic carbocycles. The second-order valence-electron chi connectivity index (χ2n) is 7.61. The largest absolute Gasteiger partial charge is 0.497 e. The molecule has 0 radical (unpaired) electrons. The Morgan fingerprint density at radius 1 is 0.880 bits per heavy atom. The van der Waals surface area contributed by atoms with Crippen LogP contribution in [0.25, 0.3) is 0 Å². The summed E-state index contributed by atoms with van der Waals surface area (Å²) in [5.74, 6) is 2.54. The molecule has 1 saturated heterocycles. The van der Waals surface area contributed by atoms with Gasteiger partial charge in [0.15, 0.2) is 0 Å². The summed E-state index contributed by atoms with van der Waals surface area (Å²) < 4.78 is 5.37. The summed E-state index contributed by atoms with van der Waals surface area (Å²) in [5.41, 5.74) is 3.08. The molecule has 2 fully saturated rings. The lowest BCUT2D eigenvalue weighted by molar-refractivity contribution is 0.286. The quantitative estimate of drug-likeness (QED) is 0.640. The minimum absolute atomic E-state index is 0.479. The molecule has 2 aromatic rings. The predicted molar refractivity (Wildman–Crippen MR) is 109 cm³/mol. The van der Waals surface area contributed by atoms with E-state index in [0.29, 0.717) is 22.1 Å². The van der Waals surface area contributed by atoms with Gasteiger partial charge in [-0.3, -0.25) is 0 Å². The number of hydrogen-bond acceptors (Lipinski definition) is 1. The van der Waals surface area contributed by atoms with Crippen molar-refractivity contribution in [3.63, 3.8) is 0 Å². The lowest BCUT2D eigenvalue weighted by Gasteiger charge is -2.43. The van der Waals surface area contributed by atoms with Gasteiger partial charge in [-0.25, -0.2) is 0 Å². The van der Waals surface area contributed by atoms with Gasteiger partial charge < -0.3 is 4.74 Å². The first-order valence-corrected chi connectivity index (χ1v) is 11.4. The lowest BCUT2D eigenvalue weighted by atomic mass is 9.73. The summed E-state index contributed by atoms with van der Waals surface area (Å²) in [6.45, 7) is 0. The molecule has 4 rings (SSSR count). The molecular formula is C23H29OS+. The van der Waals surface area contributed by atoms with Crippen LogP contribution in [-0.2, 0) is 10.9 Å². The smallest absolute Gasteiger partial charge is 0.143 e. The van der Waals surface area contributed by atoms with E-state index in [2.05, 4.69) is 60.9 Å². The van der Waals surface area contributed by atoms with Crippen LogP contribution in [0, 0.1) is 5.92 Å². The second-order valence-corrected chi connectivity index (χ2v) is 10.00. The fourth-order valence-electron chi connectivity index (χ4n) is 5.07. The van der Waals surface area contributed by atoms with Crippen molar-refractivity contribution in [3.8, 4) is 5.75 Å². The molecule has 1 aliphatic heterocycles. The zero-order valence-electron chi connectivity index (χ0n) is 15.4. The van der Waals surface area contributed by atoms with E-state index in [4.69, 9.17) is 4.74 Å². The van der Waals surface area contributed by atoms with Gasteiger partial charge in [-0.15, -0.1) is 0 Å². The summed E-state index contributed by atoms with van der Waals surface area (Å²) in [5, 5.41) is 1.62. The third-order valence-corrected chi connectivity index (χ3v) is 9.28. The highest BCUT2D eigenvalue weighted by atomic mass is 32.2. The van der Waals surface area contributed by atoms with Gasteiger partial charge in [-0.2, -0.15) is 0 Å². The van der Waals surface area contributed by atoms with Crippen molar-refractivity contribution in [2.24, 2.45) is 5.92 Å². The Morgan fingerprint density at radius 2 is 1.60 bits per heavy atom. The minimum Gasteiger partial charge on any atom is -0.497 e. The summed E-state index contributed by atoms with van der Waals surface area (Å²) in [7, 11) is 2.23. The summed E-state index contributed by atoms with van der Waals surface area (Å²) in [6, 6.07) is 20.2. The highest BCUT2D eigenvalue weighted by Crippen LogP contribution is 2.52. The third kappa shape index (κ3) is 3.33. The average Bonchev–Trinajstić information content (AvgIpc) is 2.69. The van der Waals surface area contributed by atoms with Crippen LogP contribution >= 0.6 is 0 Å². The topological polar surface area (TPSA) is 9.23 Å². The maximum atomic E-state index is 5.37. The second kappa shape index (κ2) is 7.45. The van der Waals surface area contributed by atoms with E-state index in [1.54, 1.807) is 12.7 Å². The Hall–Kier alpha value is -1.41. The molecule has 1 nitrogen and oxygen atoms in total. The van der Waals surface area contributed by atoms with Crippen LogP contribution in [0.15, 0.2) is 54.6 Å². The molecule has 1 aliphatic carbocycles. The molecule has 2 aliphatic rings. The summed E-state index contributed by atoms with van der Waals surface area (Å²) in [4.78, 5) is 0. The SMILES string of the molecule is COc1ccc(C2CC(c3ccccc3)[S+](C)C3CCCCC23)cc1. The van der Waals surface area contributed by atoms with E-state index in [1.807, 2.05) is 0 Å². The van der Waals surface area contributed by atoms with Gasteiger partial charge in [0.05, 0.1) is 13.4 Å². The highest BCUT2D eigenvalue weighted by Gasteiger charge is 2.50. The number of benzene rings is 2. The van der Waals surface area contributed by atoms with Gasteiger partial charge in [0.1, 0.15) is 16.2 Å². The van der Waals surface area contributed by atoms with Gasteiger partial charge in [-0.1, -0.05) is 48.9 Å². The Kier molecular flexibility index (Phi) is 5.08. The van der Waals surface area contributed by atoms with Gasteiger partial charge >= 0.3 is 0 Å². The first-order chi connectivity index (χ1) is 12.3. The number of ether oxygens (including phenoxy) is 1. The van der Waals surface area contributed by atoms with Crippen LogP contribution in [0.4, 0.5) is 0 Å². The molecule has 132 valence electrons. The maximum absolute atomic E-state index is 5.37. The van der Waals surface area contributed by atoms with Gasteiger partial charge in [-0.05, 0) is 53.8 Å². The third-order valence-electron chi connectivity index (χ3n) is 6.38. The molecule has 1 saturated carbocycles. The fourth-order valence-corrected chi connectivity index (χ4v) is 8.00. The Morgan fingerprint density at radius 3 is 2.32 bits per heavy atom. The van der Waals surface area contributed by atoms with Crippen LogP contribution in [0.3, 0.4) is 0 Å². The van der Waals surface area contributed by atoms with Gasteiger partial charge in [0.2, 0.25) is 0 Å². The molecule has 5 atom stereocenters. The van der Waals surface area contributed by atoms with E-state index in [0.717, 1.165) is 16.9 Å². The Balaban J connectivity index is 1.68. The predicted octanol–water partition coefficient (Wildman–Crippen LogP) is 5.73. The van der Waals surface area contributed by atoms with Crippen LogP contribution in [0.1, 0.15) is 54.4 Å². The average molecular weight is 354 g/mol. The number of rotatable bonds is 3. The van der Waals surface area contributed by atoms with Gasteiger partial charge in [0.25, 0.3) is 0 Å². The van der Waals surface area contributed by atoms with Gasteiger partial charge in [0, 0.05) is 17.9 Å². The van der Waals surface area contributed by atoms with E-state index < -0.39 is 0 Å². The molecule has 0 bridgehead atoms. The van der Waals surface area contributed by atoms with Crippen molar-refractivity contribution in [2.75, 3.05) is 13.4 Å². The number of fused-ring (bicyclic) bond motifs is 1. The molecule has 1 heterocycles. The normalized spacial score (nSPS) is 32.0. The summed E-state index contributed by atoms with van der Waals surface area (Å²) in [6.07, 6.45) is 9.54.